The maximum absolute atomic E-state index is 12.0. The number of hydrogen-bond donors (Lipinski definition) is 0. The van der Waals surface area contributed by atoms with Crippen molar-refractivity contribution >= 4 is 11.7 Å². The first-order valence-electron chi connectivity index (χ1n) is 6.29. The van der Waals surface area contributed by atoms with E-state index in [0.717, 1.165) is 5.56 Å². The predicted molar refractivity (Wildman–Crippen MR) is 70.1 cm³/mol. The van der Waals surface area contributed by atoms with Crippen LogP contribution in [0, 0.1) is 5.92 Å². The molecule has 1 aliphatic rings. The monoisotopic (exact) mass is 245 g/mol. The molecule has 0 spiro atoms. The summed E-state index contributed by atoms with van der Waals surface area (Å²) >= 11 is 0. The molecule has 96 valence electrons. The van der Waals surface area contributed by atoms with Crippen LogP contribution in [0.15, 0.2) is 30.3 Å². The van der Waals surface area contributed by atoms with Gasteiger partial charge in [0.05, 0.1) is 0 Å². The molecule has 1 aromatic carbocycles. The van der Waals surface area contributed by atoms with E-state index in [4.69, 9.17) is 0 Å². The standard InChI is InChI=1S/C15H19NO2/c1-15(2,3)16-10-12(13(17)14(16)18)9-11-7-5-4-6-8-11/h4-8,12H,9-10H2,1-3H3/t12-/m1/s1. The average Bonchev–Trinajstić information content (AvgIpc) is 2.58. The van der Waals surface area contributed by atoms with Crippen LogP contribution in [-0.4, -0.2) is 28.7 Å². The summed E-state index contributed by atoms with van der Waals surface area (Å²) in [4.78, 5) is 25.6. The van der Waals surface area contributed by atoms with Gasteiger partial charge in [0, 0.05) is 18.0 Å². The molecule has 0 unspecified atom stereocenters. The van der Waals surface area contributed by atoms with E-state index in [1.807, 2.05) is 51.1 Å². The fourth-order valence-electron chi connectivity index (χ4n) is 2.33. The van der Waals surface area contributed by atoms with Crippen LogP contribution in [0.25, 0.3) is 0 Å². The number of hydrogen-bond acceptors (Lipinski definition) is 2. The molecule has 0 N–H and O–H groups in total. The number of ketones is 1. The molecule has 1 heterocycles. The van der Waals surface area contributed by atoms with Crippen molar-refractivity contribution in [1.29, 1.82) is 0 Å². The first kappa shape index (κ1) is 12.8. The van der Waals surface area contributed by atoms with Gasteiger partial charge >= 0.3 is 0 Å². The van der Waals surface area contributed by atoms with Crippen LogP contribution in [0.1, 0.15) is 26.3 Å². The van der Waals surface area contributed by atoms with E-state index < -0.39 is 0 Å². The molecule has 3 nitrogen and oxygen atoms in total. The number of rotatable bonds is 2. The van der Waals surface area contributed by atoms with Crippen molar-refractivity contribution < 1.29 is 9.59 Å². The average molecular weight is 245 g/mol. The minimum absolute atomic E-state index is 0.195. The van der Waals surface area contributed by atoms with Gasteiger partial charge in [0.25, 0.3) is 5.91 Å². The van der Waals surface area contributed by atoms with Gasteiger partial charge in [-0.05, 0) is 32.8 Å². The van der Waals surface area contributed by atoms with Gasteiger partial charge in [-0.1, -0.05) is 30.3 Å². The number of carbonyl (C=O) groups is 2. The number of nitrogens with zero attached hydrogens (tertiary/aromatic N) is 1. The molecule has 1 aliphatic heterocycles. The van der Waals surface area contributed by atoms with Crippen molar-refractivity contribution in [3.8, 4) is 0 Å². The molecule has 1 amide bonds. The number of benzene rings is 1. The zero-order chi connectivity index (χ0) is 13.3. The van der Waals surface area contributed by atoms with Gasteiger partial charge in [-0.2, -0.15) is 0 Å². The third-order valence-corrected chi connectivity index (χ3v) is 3.36. The topological polar surface area (TPSA) is 37.4 Å². The fraction of sp³-hybridized carbons (Fsp3) is 0.467. The summed E-state index contributed by atoms with van der Waals surface area (Å²) in [6, 6.07) is 9.86. The number of Topliss-reactive ketones (excluding diaryl/α,β-unsaturated/α-hetero) is 1. The second-order valence-corrected chi connectivity index (χ2v) is 5.84. The van der Waals surface area contributed by atoms with Crippen LogP contribution < -0.4 is 0 Å². The lowest BCUT2D eigenvalue weighted by molar-refractivity contribution is -0.143. The Balaban J connectivity index is 2.13. The highest BCUT2D eigenvalue weighted by Crippen LogP contribution is 2.25. The summed E-state index contributed by atoms with van der Waals surface area (Å²) in [6.07, 6.45) is 0.651. The Labute approximate surface area is 108 Å². The van der Waals surface area contributed by atoms with Crippen LogP contribution in [0.4, 0.5) is 0 Å². The number of carbonyl (C=O) groups excluding carboxylic acids is 2. The minimum atomic E-state index is -0.330. The zero-order valence-corrected chi connectivity index (χ0v) is 11.1. The Bertz CT molecular complexity index is 459. The molecule has 2 rings (SSSR count). The summed E-state index contributed by atoms with van der Waals surface area (Å²) < 4.78 is 0. The summed E-state index contributed by atoms with van der Waals surface area (Å²) in [6.45, 7) is 6.42. The molecule has 1 aromatic rings. The van der Waals surface area contributed by atoms with Crippen LogP contribution in [-0.2, 0) is 16.0 Å². The summed E-state index contributed by atoms with van der Waals surface area (Å²) in [5, 5.41) is 0. The molecular formula is C15H19NO2. The highest BCUT2D eigenvalue weighted by molar-refractivity contribution is 6.39. The van der Waals surface area contributed by atoms with Gasteiger partial charge in [-0.25, -0.2) is 0 Å². The lowest BCUT2D eigenvalue weighted by atomic mass is 9.97. The third-order valence-electron chi connectivity index (χ3n) is 3.36. The number of amides is 1. The zero-order valence-electron chi connectivity index (χ0n) is 11.1. The van der Waals surface area contributed by atoms with Crippen LogP contribution in [0.5, 0.6) is 0 Å². The van der Waals surface area contributed by atoms with Crippen LogP contribution >= 0.6 is 0 Å². The minimum Gasteiger partial charge on any atom is -0.331 e. The Morgan fingerprint density at radius 3 is 2.28 bits per heavy atom. The molecule has 0 radical (unpaired) electrons. The van der Waals surface area contributed by atoms with Crippen molar-refractivity contribution in [2.24, 2.45) is 5.92 Å². The second-order valence-electron chi connectivity index (χ2n) is 5.84. The first-order valence-corrected chi connectivity index (χ1v) is 6.29. The highest BCUT2D eigenvalue weighted by atomic mass is 16.2. The maximum atomic E-state index is 12.0. The quantitative estimate of drug-likeness (QED) is 0.748. The molecule has 0 aromatic heterocycles. The van der Waals surface area contributed by atoms with Crippen molar-refractivity contribution in [3.63, 3.8) is 0 Å². The second kappa shape index (κ2) is 4.56. The van der Waals surface area contributed by atoms with Gasteiger partial charge in [0.2, 0.25) is 5.78 Å². The van der Waals surface area contributed by atoms with E-state index in [2.05, 4.69) is 0 Å². The van der Waals surface area contributed by atoms with E-state index in [-0.39, 0.29) is 23.1 Å². The first-order chi connectivity index (χ1) is 8.39. The molecule has 1 atom stereocenters. The predicted octanol–water partition coefficient (Wildman–Crippen LogP) is 2.06. The van der Waals surface area contributed by atoms with E-state index in [0.29, 0.717) is 13.0 Å². The molecular weight excluding hydrogens is 226 g/mol. The van der Waals surface area contributed by atoms with Crippen molar-refractivity contribution in [2.75, 3.05) is 6.54 Å². The SMILES string of the molecule is CC(C)(C)N1C[C@@H](Cc2ccccc2)C(=O)C1=O. The molecule has 0 saturated carbocycles. The van der Waals surface area contributed by atoms with E-state index in [1.54, 1.807) is 4.90 Å². The lowest BCUT2D eigenvalue weighted by Gasteiger charge is -2.31. The Morgan fingerprint density at radius 2 is 1.78 bits per heavy atom. The fourth-order valence-corrected chi connectivity index (χ4v) is 2.33. The third kappa shape index (κ3) is 2.45. The molecule has 1 saturated heterocycles. The largest absolute Gasteiger partial charge is 0.331 e. The highest BCUT2D eigenvalue weighted by Gasteiger charge is 2.43. The summed E-state index contributed by atoms with van der Waals surface area (Å²) in [5.74, 6) is -0.767. The van der Waals surface area contributed by atoms with Gasteiger partial charge in [0.15, 0.2) is 0 Å². The summed E-state index contributed by atoms with van der Waals surface area (Å²) in [7, 11) is 0. The summed E-state index contributed by atoms with van der Waals surface area (Å²) in [5.41, 5.74) is 0.831. The van der Waals surface area contributed by atoms with Crippen LogP contribution in [0.3, 0.4) is 0 Å². The molecule has 18 heavy (non-hydrogen) atoms. The lowest BCUT2D eigenvalue weighted by Crippen LogP contribution is -2.43. The molecule has 3 heteroatoms. The van der Waals surface area contributed by atoms with Gasteiger partial charge in [0.1, 0.15) is 0 Å². The Kier molecular flexibility index (Phi) is 3.24. The smallest absolute Gasteiger partial charge is 0.290 e. The normalized spacial score (nSPS) is 20.6. The van der Waals surface area contributed by atoms with Crippen molar-refractivity contribution in [1.82, 2.24) is 4.90 Å². The Hall–Kier alpha value is -1.64. The molecule has 0 aliphatic carbocycles. The van der Waals surface area contributed by atoms with Crippen molar-refractivity contribution in [2.45, 2.75) is 32.7 Å². The van der Waals surface area contributed by atoms with E-state index in [1.165, 1.54) is 0 Å². The maximum Gasteiger partial charge on any atom is 0.290 e. The molecule has 0 bridgehead atoms. The van der Waals surface area contributed by atoms with E-state index in [9.17, 15) is 9.59 Å². The van der Waals surface area contributed by atoms with Gasteiger partial charge in [-0.3, -0.25) is 9.59 Å². The van der Waals surface area contributed by atoms with E-state index >= 15 is 0 Å². The number of likely N-dealkylation sites (tertiary alicyclic amines) is 1. The molecule has 1 fully saturated rings. The Morgan fingerprint density at radius 1 is 1.17 bits per heavy atom. The van der Waals surface area contributed by atoms with Crippen molar-refractivity contribution in [3.05, 3.63) is 35.9 Å². The van der Waals surface area contributed by atoms with Gasteiger partial charge in [-0.15, -0.1) is 0 Å². The van der Waals surface area contributed by atoms with Crippen LogP contribution in [0.2, 0.25) is 0 Å². The van der Waals surface area contributed by atoms with Gasteiger partial charge < -0.3 is 4.90 Å².